The number of carbonyl (C=O) groups excluding carboxylic acids is 2. The summed E-state index contributed by atoms with van der Waals surface area (Å²) in [6, 6.07) is 15.3. The van der Waals surface area contributed by atoms with Crippen molar-refractivity contribution in [3.63, 3.8) is 0 Å². The first kappa shape index (κ1) is 31.7. The number of amides is 2. The Kier molecular flexibility index (Phi) is 9.51. The molecule has 1 fully saturated rings. The lowest BCUT2D eigenvalue weighted by molar-refractivity contribution is -0.119. The number of piperidine rings is 1. The van der Waals surface area contributed by atoms with E-state index in [9.17, 15) is 9.59 Å². The number of rotatable bonds is 8. The van der Waals surface area contributed by atoms with Gasteiger partial charge in [-0.25, -0.2) is 19.7 Å². The summed E-state index contributed by atoms with van der Waals surface area (Å²) in [7, 11) is 0. The minimum Gasteiger partial charge on any atom is -0.444 e. The summed E-state index contributed by atoms with van der Waals surface area (Å²) in [5, 5.41) is 8.24. The summed E-state index contributed by atoms with van der Waals surface area (Å²) in [5.41, 5.74) is 2.48. The van der Waals surface area contributed by atoms with Gasteiger partial charge in [0.1, 0.15) is 11.4 Å². The Morgan fingerprint density at radius 3 is 2.64 bits per heavy atom. The molecule has 0 aliphatic carbocycles. The van der Waals surface area contributed by atoms with Crippen LogP contribution in [0.1, 0.15) is 59.4 Å². The molecule has 0 saturated carbocycles. The number of anilines is 2. The van der Waals surface area contributed by atoms with Crippen LogP contribution in [0, 0.1) is 12.8 Å². The van der Waals surface area contributed by atoms with Crippen molar-refractivity contribution in [3.05, 3.63) is 66.5 Å². The van der Waals surface area contributed by atoms with Gasteiger partial charge in [0.05, 0.1) is 11.3 Å². The Labute approximate surface area is 264 Å². The zero-order chi connectivity index (χ0) is 32.1. The second-order valence-electron chi connectivity index (χ2n) is 12.5. The van der Waals surface area contributed by atoms with E-state index in [4.69, 9.17) is 14.5 Å². The summed E-state index contributed by atoms with van der Waals surface area (Å²) in [6.07, 6.45) is 5.57. The molecule has 10 heteroatoms. The molecule has 4 aromatic rings. The first-order chi connectivity index (χ1) is 21.5. The highest BCUT2D eigenvalue weighted by molar-refractivity contribution is 6.05. The van der Waals surface area contributed by atoms with Gasteiger partial charge in [0.25, 0.3) is 0 Å². The van der Waals surface area contributed by atoms with Gasteiger partial charge in [-0.3, -0.25) is 4.79 Å². The molecule has 0 spiro atoms. The van der Waals surface area contributed by atoms with Gasteiger partial charge < -0.3 is 25.0 Å². The molecule has 1 aliphatic heterocycles. The third-order valence-corrected chi connectivity index (χ3v) is 7.83. The van der Waals surface area contributed by atoms with Crippen molar-refractivity contribution in [3.8, 4) is 22.9 Å². The van der Waals surface area contributed by atoms with E-state index < -0.39 is 5.60 Å². The molecule has 2 aromatic heterocycles. The molecule has 5 rings (SSSR count). The Hall–Kier alpha value is -4.73. The molecule has 0 bridgehead atoms. The smallest absolute Gasteiger partial charge is 0.410 e. The van der Waals surface area contributed by atoms with Gasteiger partial charge in [0, 0.05) is 53.9 Å². The van der Waals surface area contributed by atoms with E-state index in [1.54, 1.807) is 17.3 Å². The lowest BCUT2D eigenvalue weighted by Crippen LogP contribution is -2.47. The standard InChI is InChI=1S/C35H42N6O4/c1-7-22(2)31(42)39-28-14-8-12-26-25(28)16-15-23(3)30(26)44-32-27(13-9-18-36-32)29-17-19-37-33(40-29)38-24-11-10-20-41(21-24)34(43)45-35(4,5)6/h8-9,12-19,22,24H,7,10-11,20-21H2,1-6H3,(H,39,42)(H,37,38,40)/t22?,24-/m0/s1. The third-order valence-electron chi connectivity index (χ3n) is 7.83. The third kappa shape index (κ3) is 7.68. The van der Waals surface area contributed by atoms with Crippen LogP contribution in [-0.4, -0.2) is 56.6 Å². The fourth-order valence-electron chi connectivity index (χ4n) is 5.24. The Morgan fingerprint density at radius 2 is 1.87 bits per heavy atom. The van der Waals surface area contributed by atoms with Gasteiger partial charge in [-0.05, 0) is 76.8 Å². The van der Waals surface area contributed by atoms with E-state index in [0.717, 1.165) is 41.3 Å². The normalized spacial score (nSPS) is 15.8. The van der Waals surface area contributed by atoms with Crippen LogP contribution < -0.4 is 15.4 Å². The predicted octanol–water partition coefficient (Wildman–Crippen LogP) is 7.59. The molecule has 0 radical (unpaired) electrons. The average Bonchev–Trinajstić information content (AvgIpc) is 3.01. The van der Waals surface area contributed by atoms with Gasteiger partial charge in [-0.15, -0.1) is 0 Å². The fraction of sp³-hybridized carbons (Fsp3) is 0.400. The molecular weight excluding hydrogens is 568 g/mol. The number of nitrogens with zero attached hydrogens (tertiary/aromatic N) is 4. The van der Waals surface area contributed by atoms with Gasteiger partial charge in [-0.1, -0.05) is 38.1 Å². The van der Waals surface area contributed by atoms with Gasteiger partial charge >= 0.3 is 6.09 Å². The molecule has 1 unspecified atom stereocenters. The van der Waals surface area contributed by atoms with Crippen LogP contribution in [-0.2, 0) is 9.53 Å². The number of ether oxygens (including phenoxy) is 2. The number of fused-ring (bicyclic) bond motifs is 1. The zero-order valence-corrected chi connectivity index (χ0v) is 26.9. The van der Waals surface area contributed by atoms with Crippen molar-refractivity contribution in [2.45, 2.75) is 72.4 Å². The number of hydrogen-bond acceptors (Lipinski definition) is 8. The van der Waals surface area contributed by atoms with E-state index in [2.05, 4.69) is 20.6 Å². The minimum atomic E-state index is -0.547. The summed E-state index contributed by atoms with van der Waals surface area (Å²) in [5.74, 6) is 1.41. The Bertz CT molecular complexity index is 1680. The number of pyridine rings is 1. The first-order valence-electron chi connectivity index (χ1n) is 15.6. The summed E-state index contributed by atoms with van der Waals surface area (Å²) < 4.78 is 12.1. The molecule has 2 aromatic carbocycles. The second-order valence-corrected chi connectivity index (χ2v) is 12.5. The average molecular weight is 611 g/mol. The predicted molar refractivity (Wildman–Crippen MR) is 177 cm³/mol. The fourth-order valence-corrected chi connectivity index (χ4v) is 5.24. The van der Waals surface area contributed by atoms with Crippen molar-refractivity contribution in [1.82, 2.24) is 19.9 Å². The molecule has 1 saturated heterocycles. The molecular formula is C35H42N6O4. The van der Waals surface area contributed by atoms with Gasteiger partial charge in [-0.2, -0.15) is 0 Å². The lowest BCUT2D eigenvalue weighted by Gasteiger charge is -2.34. The number of hydrogen-bond donors (Lipinski definition) is 2. The van der Waals surface area contributed by atoms with Crippen LogP contribution in [0.4, 0.5) is 16.4 Å². The van der Waals surface area contributed by atoms with Crippen LogP contribution in [0.15, 0.2) is 60.9 Å². The van der Waals surface area contributed by atoms with Crippen molar-refractivity contribution < 1.29 is 19.1 Å². The summed E-state index contributed by atoms with van der Waals surface area (Å²) >= 11 is 0. The maximum atomic E-state index is 12.7. The number of aryl methyl sites for hydroxylation is 1. The molecule has 1 aliphatic rings. The monoisotopic (exact) mass is 610 g/mol. The van der Waals surface area contributed by atoms with Crippen LogP contribution in [0.5, 0.6) is 11.6 Å². The molecule has 2 amide bonds. The molecule has 3 heterocycles. The lowest BCUT2D eigenvalue weighted by atomic mass is 10.0. The number of aromatic nitrogens is 3. The molecule has 10 nitrogen and oxygen atoms in total. The van der Waals surface area contributed by atoms with Crippen LogP contribution in [0.2, 0.25) is 0 Å². The van der Waals surface area contributed by atoms with Gasteiger partial charge in [0.2, 0.25) is 17.7 Å². The molecule has 2 N–H and O–H groups in total. The van der Waals surface area contributed by atoms with E-state index in [0.29, 0.717) is 41.9 Å². The zero-order valence-electron chi connectivity index (χ0n) is 26.9. The van der Waals surface area contributed by atoms with E-state index in [1.807, 2.05) is 90.1 Å². The highest BCUT2D eigenvalue weighted by atomic mass is 16.6. The van der Waals surface area contributed by atoms with Crippen molar-refractivity contribution >= 4 is 34.4 Å². The quantitative estimate of drug-likeness (QED) is 0.210. The van der Waals surface area contributed by atoms with Gasteiger partial charge in [0.15, 0.2) is 0 Å². The van der Waals surface area contributed by atoms with Crippen molar-refractivity contribution in [2.24, 2.45) is 5.92 Å². The SMILES string of the molecule is CCC(C)C(=O)Nc1cccc2c(Oc3ncccc3-c3ccnc(N[C@H]4CCCN(C(=O)OC(C)(C)C)C4)n3)c(C)ccc12. The highest BCUT2D eigenvalue weighted by Gasteiger charge is 2.28. The number of nitrogens with one attached hydrogen (secondary N) is 2. The maximum Gasteiger partial charge on any atom is 0.410 e. The first-order valence-corrected chi connectivity index (χ1v) is 15.6. The van der Waals surface area contributed by atoms with E-state index in [1.165, 1.54) is 0 Å². The number of benzene rings is 2. The van der Waals surface area contributed by atoms with Crippen LogP contribution in [0.3, 0.4) is 0 Å². The minimum absolute atomic E-state index is 0.0144. The summed E-state index contributed by atoms with van der Waals surface area (Å²) in [6.45, 7) is 12.7. The number of carbonyl (C=O) groups is 2. The topological polar surface area (TPSA) is 119 Å². The Balaban J connectivity index is 1.38. The maximum absolute atomic E-state index is 12.7. The molecule has 236 valence electrons. The van der Waals surface area contributed by atoms with Crippen LogP contribution >= 0.6 is 0 Å². The summed E-state index contributed by atoms with van der Waals surface area (Å²) in [4.78, 5) is 40.9. The van der Waals surface area contributed by atoms with E-state index >= 15 is 0 Å². The highest BCUT2D eigenvalue weighted by Crippen LogP contribution is 2.38. The molecule has 2 atom stereocenters. The molecule has 45 heavy (non-hydrogen) atoms. The second kappa shape index (κ2) is 13.5. The Morgan fingerprint density at radius 1 is 1.04 bits per heavy atom. The van der Waals surface area contributed by atoms with Crippen molar-refractivity contribution in [2.75, 3.05) is 23.7 Å². The van der Waals surface area contributed by atoms with E-state index in [-0.39, 0.29) is 24.0 Å². The largest absolute Gasteiger partial charge is 0.444 e. The van der Waals surface area contributed by atoms with Crippen LogP contribution in [0.25, 0.3) is 22.0 Å². The number of likely N-dealkylation sites (tertiary alicyclic amines) is 1. The van der Waals surface area contributed by atoms with Crippen molar-refractivity contribution in [1.29, 1.82) is 0 Å².